The Kier molecular flexibility index (Phi) is 13.3. The third-order valence-corrected chi connectivity index (χ3v) is 12.0. The largest absolute Gasteiger partial charge is 0.346 e. The Bertz CT molecular complexity index is 1760. The lowest BCUT2D eigenvalue weighted by Crippen LogP contribution is -2.61. The molecule has 12 nitrogen and oxygen atoms in total. The van der Waals surface area contributed by atoms with Crippen LogP contribution in [0.4, 0.5) is 4.79 Å². The van der Waals surface area contributed by atoms with Crippen molar-refractivity contribution in [2.45, 2.75) is 90.7 Å². The van der Waals surface area contributed by atoms with E-state index in [-0.39, 0.29) is 48.3 Å². The molecular formula is C40H55N5O7S. The number of nitrogens with zero attached hydrogens (tertiary/aromatic N) is 1. The fourth-order valence-corrected chi connectivity index (χ4v) is 8.95. The molecule has 2 aliphatic rings. The molecule has 0 radical (unpaired) electrons. The van der Waals surface area contributed by atoms with Gasteiger partial charge < -0.3 is 26.2 Å². The zero-order valence-corrected chi connectivity index (χ0v) is 32.5. The predicted molar refractivity (Wildman–Crippen MR) is 204 cm³/mol. The fraction of sp³-hybridized carbons (Fsp3) is 0.525. The van der Waals surface area contributed by atoms with E-state index in [4.69, 9.17) is 0 Å². The Morgan fingerprint density at radius 1 is 0.962 bits per heavy atom. The van der Waals surface area contributed by atoms with E-state index in [1.165, 1.54) is 11.0 Å². The quantitative estimate of drug-likeness (QED) is 0.140. The van der Waals surface area contributed by atoms with Crippen molar-refractivity contribution in [3.05, 3.63) is 84.4 Å². The number of amides is 5. The summed E-state index contributed by atoms with van der Waals surface area (Å²) in [5, 5.41) is 10.9. The standard InChI is InChI=1S/C40H55N5O7S/c1-8-10-21-29(33(46)36(48)41-22-9-2)42-35(47)32-31-28(40(31,6)7)23-45(32)37(49)34(39(3,4)5)44-38(50)43-30(27-19-15-12-16-20-27)25-53(51,52)24-26-17-13-11-14-18-26/h9,11-20,28-32,34H,2,8,10,21-25H2,1,3-7H3,(H,41,48)(H,42,47)(H2,43,44,50)/t28-,29?,30+,31-,32-,34+/m0/s1. The summed E-state index contributed by atoms with van der Waals surface area (Å²) in [4.78, 5) is 69.5. The van der Waals surface area contributed by atoms with Gasteiger partial charge >= 0.3 is 6.03 Å². The summed E-state index contributed by atoms with van der Waals surface area (Å²) >= 11 is 0. The van der Waals surface area contributed by atoms with Crippen molar-refractivity contribution in [2.75, 3.05) is 18.8 Å². The first-order valence-electron chi connectivity index (χ1n) is 18.3. The number of fused-ring (bicyclic) bond motifs is 1. The van der Waals surface area contributed by atoms with Crippen LogP contribution in [0.3, 0.4) is 0 Å². The van der Waals surface area contributed by atoms with Gasteiger partial charge in [-0.2, -0.15) is 0 Å². The van der Waals surface area contributed by atoms with Crippen LogP contribution in [0.25, 0.3) is 0 Å². The van der Waals surface area contributed by atoms with Crippen molar-refractivity contribution in [3.8, 4) is 0 Å². The molecule has 1 unspecified atom stereocenters. The molecule has 6 atom stereocenters. The molecular weight excluding hydrogens is 695 g/mol. The van der Waals surface area contributed by atoms with Gasteiger partial charge in [0.25, 0.3) is 5.91 Å². The average Bonchev–Trinajstić information content (AvgIpc) is 3.40. The SMILES string of the molecule is C=CCNC(=O)C(=O)C(CCCC)NC(=O)[C@@H]1[C@@H]2[C@H](CN1C(=O)[C@@H](NC(=O)N[C@H](CS(=O)(=O)Cc1ccccc1)c1ccccc1)C(C)(C)C)C2(C)C. The topological polar surface area (TPSA) is 171 Å². The number of Topliss-reactive ketones (excluding diaryl/α,β-unsaturated/α-hetero) is 1. The molecule has 1 aliphatic carbocycles. The van der Waals surface area contributed by atoms with Gasteiger partial charge in [-0.1, -0.05) is 121 Å². The Morgan fingerprint density at radius 3 is 2.17 bits per heavy atom. The van der Waals surface area contributed by atoms with Gasteiger partial charge in [0.1, 0.15) is 12.1 Å². The number of rotatable bonds is 17. The summed E-state index contributed by atoms with van der Waals surface area (Å²) in [7, 11) is -3.69. The van der Waals surface area contributed by atoms with Gasteiger partial charge in [0.05, 0.1) is 23.6 Å². The second kappa shape index (κ2) is 17.1. The summed E-state index contributed by atoms with van der Waals surface area (Å²) < 4.78 is 26.7. The van der Waals surface area contributed by atoms with Gasteiger partial charge in [-0.3, -0.25) is 19.2 Å². The summed E-state index contributed by atoms with van der Waals surface area (Å²) in [5.74, 6) is -3.31. The summed E-state index contributed by atoms with van der Waals surface area (Å²) in [6, 6.07) is 12.8. The lowest BCUT2D eigenvalue weighted by Gasteiger charge is -2.38. The third-order valence-electron chi connectivity index (χ3n) is 10.4. The number of carbonyl (C=O) groups excluding carboxylic acids is 5. The lowest BCUT2D eigenvalue weighted by molar-refractivity contribution is -0.145. The number of unbranched alkanes of at least 4 members (excludes halogenated alkanes) is 1. The number of hydrogen-bond acceptors (Lipinski definition) is 7. The number of benzene rings is 2. The fourth-order valence-electron chi connectivity index (χ4n) is 7.35. The third kappa shape index (κ3) is 10.3. The molecule has 13 heteroatoms. The molecule has 53 heavy (non-hydrogen) atoms. The van der Waals surface area contributed by atoms with E-state index in [1.807, 2.05) is 20.8 Å². The van der Waals surface area contributed by atoms with Crippen molar-refractivity contribution < 1.29 is 32.4 Å². The molecule has 4 N–H and O–H groups in total. The van der Waals surface area contributed by atoms with Crippen LogP contribution in [0, 0.1) is 22.7 Å². The van der Waals surface area contributed by atoms with Gasteiger partial charge in [0, 0.05) is 13.1 Å². The minimum atomic E-state index is -3.69. The molecule has 2 aromatic rings. The lowest BCUT2D eigenvalue weighted by atomic mass is 9.85. The van der Waals surface area contributed by atoms with Crippen LogP contribution in [0.15, 0.2) is 73.3 Å². The van der Waals surface area contributed by atoms with Gasteiger partial charge in [-0.15, -0.1) is 6.58 Å². The van der Waals surface area contributed by atoms with E-state index in [2.05, 4.69) is 27.8 Å². The zero-order valence-electron chi connectivity index (χ0n) is 31.7. The van der Waals surface area contributed by atoms with Crippen LogP contribution in [-0.4, -0.2) is 79.8 Å². The monoisotopic (exact) mass is 749 g/mol. The second-order valence-corrected chi connectivity index (χ2v) is 18.0. The van der Waals surface area contributed by atoms with Crippen molar-refractivity contribution in [3.63, 3.8) is 0 Å². The maximum absolute atomic E-state index is 14.5. The molecule has 0 aromatic heterocycles. The number of carbonyl (C=O) groups is 5. The van der Waals surface area contributed by atoms with Crippen LogP contribution in [-0.2, 0) is 34.8 Å². The molecule has 0 bridgehead atoms. The highest BCUT2D eigenvalue weighted by Crippen LogP contribution is 2.65. The van der Waals surface area contributed by atoms with Gasteiger partial charge in [0.15, 0.2) is 9.84 Å². The maximum Gasteiger partial charge on any atom is 0.315 e. The molecule has 1 aliphatic heterocycles. The van der Waals surface area contributed by atoms with Crippen LogP contribution in [0.1, 0.15) is 78.0 Å². The minimum absolute atomic E-state index is 0.0228. The minimum Gasteiger partial charge on any atom is -0.346 e. The van der Waals surface area contributed by atoms with E-state index in [1.54, 1.807) is 81.4 Å². The first kappa shape index (κ1) is 41.2. The Labute approximate surface area is 313 Å². The molecule has 2 fully saturated rings. The van der Waals surface area contributed by atoms with E-state index in [9.17, 15) is 32.4 Å². The van der Waals surface area contributed by atoms with E-state index < -0.39 is 69.0 Å². The van der Waals surface area contributed by atoms with E-state index in [0.29, 0.717) is 17.5 Å². The van der Waals surface area contributed by atoms with Crippen molar-refractivity contribution in [1.82, 2.24) is 26.2 Å². The van der Waals surface area contributed by atoms with Crippen molar-refractivity contribution in [1.29, 1.82) is 0 Å². The molecule has 1 saturated carbocycles. The number of nitrogens with one attached hydrogen (secondary N) is 4. The Hall–Kier alpha value is -4.52. The van der Waals surface area contributed by atoms with Crippen LogP contribution in [0.5, 0.6) is 0 Å². The van der Waals surface area contributed by atoms with Gasteiger partial charge in [-0.05, 0) is 40.2 Å². The smallest absolute Gasteiger partial charge is 0.315 e. The number of ketones is 1. The van der Waals surface area contributed by atoms with Crippen LogP contribution >= 0.6 is 0 Å². The number of likely N-dealkylation sites (tertiary alicyclic amines) is 1. The summed E-state index contributed by atoms with van der Waals surface area (Å²) in [5.41, 5.74) is 0.160. The summed E-state index contributed by atoms with van der Waals surface area (Å²) in [6.45, 7) is 15.3. The predicted octanol–water partition coefficient (Wildman–Crippen LogP) is 4.09. The molecule has 1 saturated heterocycles. The Balaban J connectivity index is 1.55. The second-order valence-electron chi connectivity index (χ2n) is 15.9. The number of sulfone groups is 1. The van der Waals surface area contributed by atoms with Crippen LogP contribution < -0.4 is 21.3 Å². The number of urea groups is 1. The zero-order chi connectivity index (χ0) is 39.1. The van der Waals surface area contributed by atoms with Gasteiger partial charge in [0.2, 0.25) is 17.6 Å². The first-order valence-corrected chi connectivity index (χ1v) is 20.1. The summed E-state index contributed by atoms with van der Waals surface area (Å²) in [6.07, 6.45) is 3.05. The Morgan fingerprint density at radius 2 is 1.58 bits per heavy atom. The number of piperidine rings is 1. The highest BCUT2D eigenvalue weighted by molar-refractivity contribution is 7.90. The normalized spacial score (nSPS) is 20.6. The molecule has 1 heterocycles. The molecule has 288 valence electrons. The van der Waals surface area contributed by atoms with E-state index >= 15 is 0 Å². The highest BCUT2D eigenvalue weighted by Gasteiger charge is 2.70. The molecule has 4 rings (SSSR count). The average molecular weight is 750 g/mol. The van der Waals surface area contributed by atoms with Crippen LogP contribution in [0.2, 0.25) is 0 Å². The maximum atomic E-state index is 14.5. The highest BCUT2D eigenvalue weighted by atomic mass is 32.2. The van der Waals surface area contributed by atoms with Crippen molar-refractivity contribution >= 4 is 39.4 Å². The first-order chi connectivity index (χ1) is 24.9. The number of hydrogen-bond donors (Lipinski definition) is 4. The molecule has 5 amide bonds. The van der Waals surface area contributed by atoms with Crippen molar-refractivity contribution in [2.24, 2.45) is 22.7 Å². The molecule has 2 aromatic carbocycles. The molecule has 0 spiro atoms. The van der Waals surface area contributed by atoms with E-state index in [0.717, 1.165) is 6.42 Å². The van der Waals surface area contributed by atoms with Gasteiger partial charge in [-0.25, -0.2) is 13.2 Å².